The van der Waals surface area contributed by atoms with Crippen LogP contribution in [0.3, 0.4) is 0 Å². The van der Waals surface area contributed by atoms with Crippen molar-refractivity contribution in [2.75, 3.05) is 0 Å². The molecule has 88 valence electrons. The number of hydrogen-bond donors (Lipinski definition) is 2. The van der Waals surface area contributed by atoms with Crippen molar-refractivity contribution in [3.8, 4) is 0 Å². The molecule has 0 amide bonds. The van der Waals surface area contributed by atoms with E-state index in [1.54, 1.807) is 0 Å². The maximum Gasteiger partial charge on any atom is 0.313 e. The molecule has 1 aromatic carbocycles. The first-order chi connectivity index (χ1) is 8.15. The van der Waals surface area contributed by atoms with Gasteiger partial charge in [0.1, 0.15) is 0 Å². The first-order valence-corrected chi connectivity index (χ1v) is 5.58. The lowest BCUT2D eigenvalue weighted by atomic mass is 10.1. The summed E-state index contributed by atoms with van der Waals surface area (Å²) in [6, 6.07) is 7.54. The molecule has 0 atom stereocenters. The zero-order valence-corrected chi connectivity index (χ0v) is 9.75. The molecule has 0 aliphatic heterocycles. The van der Waals surface area contributed by atoms with Crippen LogP contribution in [-0.4, -0.2) is 9.97 Å². The summed E-state index contributed by atoms with van der Waals surface area (Å²) in [5.41, 5.74) is 0.546. The van der Waals surface area contributed by atoms with E-state index in [-0.39, 0.29) is 0 Å². The maximum atomic E-state index is 11.1. The van der Waals surface area contributed by atoms with Crippen LogP contribution in [0.15, 0.2) is 40.1 Å². The number of benzene rings is 1. The van der Waals surface area contributed by atoms with E-state index in [0.29, 0.717) is 17.1 Å². The fourth-order valence-corrected chi connectivity index (χ4v) is 1.78. The number of rotatable bonds is 3. The quantitative estimate of drug-likeness (QED) is 0.811. The smallest absolute Gasteiger partial charge is 0.313 e. The van der Waals surface area contributed by atoms with E-state index in [1.165, 1.54) is 6.20 Å². The van der Waals surface area contributed by atoms with Gasteiger partial charge in [0.25, 0.3) is 0 Å². The van der Waals surface area contributed by atoms with Crippen LogP contribution >= 0.6 is 11.6 Å². The molecule has 0 radical (unpaired) electrons. The molecule has 2 aromatic rings. The topological polar surface area (TPSA) is 65.7 Å². The highest BCUT2D eigenvalue weighted by molar-refractivity contribution is 6.30. The van der Waals surface area contributed by atoms with E-state index < -0.39 is 11.1 Å². The van der Waals surface area contributed by atoms with Crippen molar-refractivity contribution in [1.82, 2.24) is 9.97 Å². The van der Waals surface area contributed by atoms with Gasteiger partial charge in [-0.05, 0) is 30.5 Å². The van der Waals surface area contributed by atoms with Crippen LogP contribution in [0, 0.1) is 0 Å². The highest BCUT2D eigenvalue weighted by Crippen LogP contribution is 2.12. The SMILES string of the molecule is O=c1[nH]cc(CCc2cccc(Cl)c2)[nH]c1=O. The molecule has 1 heterocycles. The van der Waals surface area contributed by atoms with Crippen molar-refractivity contribution in [3.05, 3.63) is 67.4 Å². The Morgan fingerprint density at radius 1 is 1.12 bits per heavy atom. The number of aromatic amines is 2. The number of aromatic nitrogens is 2. The first-order valence-electron chi connectivity index (χ1n) is 5.20. The fourth-order valence-electron chi connectivity index (χ4n) is 1.56. The van der Waals surface area contributed by atoms with Crippen LogP contribution in [0.4, 0.5) is 0 Å². The third kappa shape index (κ3) is 3.07. The Labute approximate surface area is 102 Å². The molecule has 17 heavy (non-hydrogen) atoms. The lowest BCUT2D eigenvalue weighted by Crippen LogP contribution is -2.29. The molecule has 2 N–H and O–H groups in total. The van der Waals surface area contributed by atoms with Gasteiger partial charge < -0.3 is 9.97 Å². The summed E-state index contributed by atoms with van der Waals surface area (Å²) in [4.78, 5) is 26.9. The molecule has 1 aromatic heterocycles. The van der Waals surface area contributed by atoms with Gasteiger partial charge in [0.05, 0.1) is 0 Å². The van der Waals surface area contributed by atoms with Crippen molar-refractivity contribution < 1.29 is 0 Å². The second kappa shape index (κ2) is 5.01. The molecular weight excluding hydrogens is 240 g/mol. The molecule has 0 bridgehead atoms. The minimum absolute atomic E-state index is 0.617. The van der Waals surface area contributed by atoms with Gasteiger partial charge in [0.15, 0.2) is 0 Å². The van der Waals surface area contributed by atoms with Gasteiger partial charge in [-0.3, -0.25) is 9.59 Å². The van der Waals surface area contributed by atoms with Crippen LogP contribution in [0.1, 0.15) is 11.3 Å². The molecule has 4 nitrogen and oxygen atoms in total. The minimum atomic E-state index is -0.628. The van der Waals surface area contributed by atoms with Crippen molar-refractivity contribution >= 4 is 11.6 Å². The van der Waals surface area contributed by atoms with E-state index in [0.717, 1.165) is 12.0 Å². The Bertz CT molecular complexity index is 631. The zero-order valence-electron chi connectivity index (χ0n) is 9.00. The molecule has 0 saturated heterocycles. The summed E-state index contributed by atoms with van der Waals surface area (Å²) < 4.78 is 0. The van der Waals surface area contributed by atoms with Gasteiger partial charge in [-0.2, -0.15) is 0 Å². The summed E-state index contributed by atoms with van der Waals surface area (Å²) in [7, 11) is 0. The Kier molecular flexibility index (Phi) is 3.44. The number of aryl methyl sites for hydroxylation is 2. The molecule has 0 saturated carbocycles. The molecule has 0 spiro atoms. The summed E-state index contributed by atoms with van der Waals surface area (Å²) in [5, 5.41) is 0.692. The summed E-state index contributed by atoms with van der Waals surface area (Å²) in [6.07, 6.45) is 2.92. The minimum Gasteiger partial charge on any atom is -0.323 e. The van der Waals surface area contributed by atoms with E-state index in [2.05, 4.69) is 9.97 Å². The monoisotopic (exact) mass is 250 g/mol. The van der Waals surface area contributed by atoms with Gasteiger partial charge in [-0.25, -0.2) is 0 Å². The lowest BCUT2D eigenvalue weighted by Gasteiger charge is -2.02. The molecule has 0 unspecified atom stereocenters. The van der Waals surface area contributed by atoms with Gasteiger partial charge in [-0.1, -0.05) is 23.7 Å². The van der Waals surface area contributed by atoms with Gasteiger partial charge >= 0.3 is 11.1 Å². The summed E-state index contributed by atoms with van der Waals surface area (Å²) in [5.74, 6) is 0. The van der Waals surface area contributed by atoms with Crippen molar-refractivity contribution in [1.29, 1.82) is 0 Å². The third-order valence-corrected chi connectivity index (χ3v) is 2.66. The summed E-state index contributed by atoms with van der Waals surface area (Å²) >= 11 is 5.87. The van der Waals surface area contributed by atoms with Crippen LogP contribution in [0.25, 0.3) is 0 Å². The normalized spacial score (nSPS) is 10.4. The van der Waals surface area contributed by atoms with Crippen LogP contribution < -0.4 is 11.1 Å². The zero-order chi connectivity index (χ0) is 12.3. The lowest BCUT2D eigenvalue weighted by molar-refractivity contribution is 0.876. The van der Waals surface area contributed by atoms with Gasteiger partial charge in [0.2, 0.25) is 0 Å². The maximum absolute atomic E-state index is 11.1. The predicted octanol–water partition coefficient (Wildman–Crippen LogP) is 1.50. The Morgan fingerprint density at radius 2 is 1.94 bits per heavy atom. The standard InChI is InChI=1S/C12H11ClN2O2/c13-9-3-1-2-8(6-9)4-5-10-7-14-11(16)12(17)15-10/h1-3,6-7H,4-5H2,(H,14,16)(H,15,17). The molecule has 5 heteroatoms. The van der Waals surface area contributed by atoms with Crippen LogP contribution in [0.2, 0.25) is 5.02 Å². The predicted molar refractivity (Wildman–Crippen MR) is 66.5 cm³/mol. The van der Waals surface area contributed by atoms with Gasteiger partial charge in [0, 0.05) is 16.9 Å². The second-order valence-electron chi connectivity index (χ2n) is 3.73. The average molecular weight is 251 g/mol. The molecule has 0 aliphatic carbocycles. The number of nitrogens with one attached hydrogen (secondary N) is 2. The summed E-state index contributed by atoms with van der Waals surface area (Å²) in [6.45, 7) is 0. The third-order valence-electron chi connectivity index (χ3n) is 2.43. The first kappa shape index (κ1) is 11.7. The van der Waals surface area contributed by atoms with E-state index >= 15 is 0 Å². The molecule has 0 aliphatic rings. The van der Waals surface area contributed by atoms with Crippen molar-refractivity contribution in [2.45, 2.75) is 12.8 Å². The van der Waals surface area contributed by atoms with Gasteiger partial charge in [-0.15, -0.1) is 0 Å². The van der Waals surface area contributed by atoms with E-state index in [9.17, 15) is 9.59 Å². The highest BCUT2D eigenvalue weighted by atomic mass is 35.5. The highest BCUT2D eigenvalue weighted by Gasteiger charge is 1.99. The Hall–Kier alpha value is -1.81. The average Bonchev–Trinajstić information content (AvgIpc) is 2.31. The van der Waals surface area contributed by atoms with E-state index in [1.807, 2.05) is 24.3 Å². The van der Waals surface area contributed by atoms with Crippen LogP contribution in [-0.2, 0) is 12.8 Å². The van der Waals surface area contributed by atoms with Crippen molar-refractivity contribution in [2.24, 2.45) is 0 Å². The Morgan fingerprint density at radius 3 is 2.65 bits per heavy atom. The number of H-pyrrole nitrogens is 2. The largest absolute Gasteiger partial charge is 0.323 e. The fraction of sp³-hybridized carbons (Fsp3) is 0.167. The Balaban J connectivity index is 2.10. The molecule has 2 rings (SSSR count). The number of halogens is 1. The molecule has 0 fully saturated rings. The van der Waals surface area contributed by atoms with Crippen LogP contribution in [0.5, 0.6) is 0 Å². The number of hydrogen-bond acceptors (Lipinski definition) is 2. The molecular formula is C12H11ClN2O2. The van der Waals surface area contributed by atoms with E-state index in [4.69, 9.17) is 11.6 Å². The second-order valence-corrected chi connectivity index (χ2v) is 4.16. The van der Waals surface area contributed by atoms with Crippen molar-refractivity contribution in [3.63, 3.8) is 0 Å².